The average Bonchev–Trinajstić information content (AvgIpc) is 1.84. The van der Waals surface area contributed by atoms with Crippen LogP contribution in [-0.2, 0) is 0 Å². The van der Waals surface area contributed by atoms with Gasteiger partial charge in [0, 0.05) is 5.92 Å². The Morgan fingerprint density at radius 2 is 1.64 bits per heavy atom. The van der Waals surface area contributed by atoms with E-state index in [1.807, 2.05) is 27.7 Å². The highest BCUT2D eigenvalue weighted by Gasteiger charge is 2.21. The number of hydrogen-bond acceptors (Lipinski definition) is 1. The minimum atomic E-state index is -0.829. The second kappa shape index (κ2) is 3.78. The van der Waals surface area contributed by atoms with Gasteiger partial charge in [0.15, 0.2) is 0 Å². The smallest absolute Gasteiger partial charge is 0.125 e. The standard InChI is InChI=1S/C10H18O/c1-8(2)6-7-10(5,11)9(3)4/h8-9,11H,1-5H3. The van der Waals surface area contributed by atoms with E-state index in [2.05, 4.69) is 11.8 Å². The monoisotopic (exact) mass is 154 g/mol. The first-order chi connectivity index (χ1) is 4.86. The van der Waals surface area contributed by atoms with Crippen molar-refractivity contribution in [2.75, 3.05) is 0 Å². The molecule has 0 fully saturated rings. The molecule has 0 aliphatic heterocycles. The first kappa shape index (κ1) is 10.5. The van der Waals surface area contributed by atoms with Crippen LogP contribution in [0.4, 0.5) is 0 Å². The van der Waals surface area contributed by atoms with E-state index in [1.54, 1.807) is 6.92 Å². The van der Waals surface area contributed by atoms with Gasteiger partial charge in [-0.3, -0.25) is 0 Å². The highest BCUT2D eigenvalue weighted by atomic mass is 16.3. The molecule has 1 heteroatoms. The first-order valence-electron chi connectivity index (χ1n) is 4.11. The van der Waals surface area contributed by atoms with Gasteiger partial charge in [-0.2, -0.15) is 0 Å². The third-order valence-corrected chi connectivity index (χ3v) is 1.74. The van der Waals surface area contributed by atoms with Gasteiger partial charge in [0.25, 0.3) is 0 Å². The fourth-order valence-corrected chi connectivity index (χ4v) is 0.435. The predicted molar refractivity (Wildman–Crippen MR) is 48.1 cm³/mol. The Labute approximate surface area is 69.8 Å². The summed E-state index contributed by atoms with van der Waals surface area (Å²) in [6, 6.07) is 0. The lowest BCUT2D eigenvalue weighted by atomic mass is 9.93. The van der Waals surface area contributed by atoms with Crippen molar-refractivity contribution in [1.29, 1.82) is 0 Å². The Morgan fingerprint density at radius 1 is 1.18 bits per heavy atom. The van der Waals surface area contributed by atoms with Crippen LogP contribution in [0.1, 0.15) is 34.6 Å². The molecule has 0 spiro atoms. The van der Waals surface area contributed by atoms with E-state index in [0.717, 1.165) is 0 Å². The van der Waals surface area contributed by atoms with Crippen LogP contribution in [-0.4, -0.2) is 10.7 Å². The summed E-state index contributed by atoms with van der Waals surface area (Å²) < 4.78 is 0. The second-order valence-corrected chi connectivity index (χ2v) is 3.73. The molecule has 0 rings (SSSR count). The molecule has 0 heterocycles. The lowest BCUT2D eigenvalue weighted by Gasteiger charge is -2.20. The van der Waals surface area contributed by atoms with Gasteiger partial charge in [0.05, 0.1) is 0 Å². The van der Waals surface area contributed by atoms with Crippen molar-refractivity contribution in [2.24, 2.45) is 11.8 Å². The van der Waals surface area contributed by atoms with Crippen LogP contribution in [0.25, 0.3) is 0 Å². The maximum absolute atomic E-state index is 9.67. The van der Waals surface area contributed by atoms with Crippen LogP contribution in [0.15, 0.2) is 0 Å². The van der Waals surface area contributed by atoms with Crippen molar-refractivity contribution in [3.05, 3.63) is 0 Å². The highest BCUT2D eigenvalue weighted by molar-refractivity contribution is 5.14. The molecule has 11 heavy (non-hydrogen) atoms. The van der Waals surface area contributed by atoms with Crippen molar-refractivity contribution < 1.29 is 5.11 Å². The lowest BCUT2D eigenvalue weighted by Crippen LogP contribution is -2.28. The molecule has 0 aliphatic rings. The molecule has 0 amide bonds. The molecule has 0 aromatic heterocycles. The fraction of sp³-hybridized carbons (Fsp3) is 0.800. The second-order valence-electron chi connectivity index (χ2n) is 3.73. The zero-order chi connectivity index (χ0) is 9.07. The molecule has 1 unspecified atom stereocenters. The van der Waals surface area contributed by atoms with E-state index in [0.29, 0.717) is 5.92 Å². The van der Waals surface area contributed by atoms with Crippen LogP contribution >= 0.6 is 0 Å². The van der Waals surface area contributed by atoms with Crippen molar-refractivity contribution in [2.45, 2.75) is 40.2 Å². The van der Waals surface area contributed by atoms with E-state index >= 15 is 0 Å². The third-order valence-electron chi connectivity index (χ3n) is 1.74. The van der Waals surface area contributed by atoms with Crippen LogP contribution in [0.5, 0.6) is 0 Å². The largest absolute Gasteiger partial charge is 0.378 e. The summed E-state index contributed by atoms with van der Waals surface area (Å²) in [5.74, 6) is 6.35. The average molecular weight is 154 g/mol. The third kappa shape index (κ3) is 4.06. The molecule has 0 bridgehead atoms. The summed E-state index contributed by atoms with van der Waals surface area (Å²) in [5, 5.41) is 9.67. The van der Waals surface area contributed by atoms with Crippen molar-refractivity contribution in [1.82, 2.24) is 0 Å². The van der Waals surface area contributed by atoms with E-state index < -0.39 is 5.60 Å². The molecule has 0 aliphatic carbocycles. The van der Waals surface area contributed by atoms with Gasteiger partial charge in [-0.25, -0.2) is 0 Å². The Hall–Kier alpha value is -0.480. The molecule has 0 aromatic carbocycles. The molecule has 0 saturated carbocycles. The van der Waals surface area contributed by atoms with Crippen LogP contribution in [0, 0.1) is 23.7 Å². The summed E-state index contributed by atoms with van der Waals surface area (Å²) in [5.41, 5.74) is -0.829. The van der Waals surface area contributed by atoms with Gasteiger partial charge < -0.3 is 5.11 Å². The maximum Gasteiger partial charge on any atom is 0.125 e. The minimum absolute atomic E-state index is 0.189. The molecular formula is C10H18O. The van der Waals surface area contributed by atoms with Gasteiger partial charge in [-0.05, 0) is 12.8 Å². The number of hydrogen-bond donors (Lipinski definition) is 1. The number of aliphatic hydroxyl groups is 1. The van der Waals surface area contributed by atoms with Gasteiger partial charge in [0.2, 0.25) is 0 Å². The summed E-state index contributed by atoms with van der Waals surface area (Å²) in [4.78, 5) is 0. The SMILES string of the molecule is CC(C)C#CC(C)(O)C(C)C. The van der Waals surface area contributed by atoms with E-state index in [-0.39, 0.29) is 5.92 Å². The quantitative estimate of drug-likeness (QED) is 0.573. The fourth-order valence-electron chi connectivity index (χ4n) is 0.435. The Bertz CT molecular complexity index is 167. The number of rotatable bonds is 1. The Morgan fingerprint density at radius 3 is 1.91 bits per heavy atom. The van der Waals surface area contributed by atoms with Gasteiger partial charge in [-0.15, -0.1) is 0 Å². The molecule has 64 valence electrons. The topological polar surface area (TPSA) is 20.2 Å². The molecule has 1 atom stereocenters. The molecule has 0 aromatic rings. The first-order valence-corrected chi connectivity index (χ1v) is 4.11. The zero-order valence-electron chi connectivity index (χ0n) is 8.10. The zero-order valence-corrected chi connectivity index (χ0v) is 8.10. The molecule has 0 radical (unpaired) electrons. The molecular weight excluding hydrogens is 136 g/mol. The van der Waals surface area contributed by atoms with E-state index in [9.17, 15) is 5.11 Å². The van der Waals surface area contributed by atoms with Gasteiger partial charge in [0.1, 0.15) is 5.60 Å². The Balaban J connectivity index is 4.26. The van der Waals surface area contributed by atoms with Crippen LogP contribution < -0.4 is 0 Å². The minimum Gasteiger partial charge on any atom is -0.378 e. The normalized spacial score (nSPS) is 16.0. The van der Waals surface area contributed by atoms with Gasteiger partial charge >= 0.3 is 0 Å². The summed E-state index contributed by atoms with van der Waals surface area (Å²) in [6.07, 6.45) is 0. The molecule has 0 saturated heterocycles. The van der Waals surface area contributed by atoms with Crippen molar-refractivity contribution >= 4 is 0 Å². The summed E-state index contributed by atoms with van der Waals surface area (Å²) in [6.45, 7) is 9.73. The predicted octanol–water partition coefficient (Wildman–Crippen LogP) is 2.05. The van der Waals surface area contributed by atoms with Crippen LogP contribution in [0.3, 0.4) is 0 Å². The summed E-state index contributed by atoms with van der Waals surface area (Å²) >= 11 is 0. The van der Waals surface area contributed by atoms with Crippen molar-refractivity contribution in [3.63, 3.8) is 0 Å². The summed E-state index contributed by atoms with van der Waals surface area (Å²) in [7, 11) is 0. The maximum atomic E-state index is 9.67. The van der Waals surface area contributed by atoms with Gasteiger partial charge in [-0.1, -0.05) is 39.5 Å². The van der Waals surface area contributed by atoms with Crippen LogP contribution in [0.2, 0.25) is 0 Å². The molecule has 1 N–H and O–H groups in total. The van der Waals surface area contributed by atoms with E-state index in [4.69, 9.17) is 0 Å². The van der Waals surface area contributed by atoms with E-state index in [1.165, 1.54) is 0 Å². The highest BCUT2D eigenvalue weighted by Crippen LogP contribution is 2.14. The Kier molecular flexibility index (Phi) is 3.62. The lowest BCUT2D eigenvalue weighted by molar-refractivity contribution is 0.0724. The van der Waals surface area contributed by atoms with Crippen molar-refractivity contribution in [3.8, 4) is 11.8 Å². The molecule has 1 nitrogen and oxygen atoms in total.